The second-order valence-electron chi connectivity index (χ2n) is 13.6. The first kappa shape index (κ1) is 30.0. The Kier molecular flexibility index (Phi) is 8.11. The van der Waals surface area contributed by atoms with E-state index < -0.39 is 0 Å². The van der Waals surface area contributed by atoms with Gasteiger partial charge in [0.25, 0.3) is 0 Å². The van der Waals surface area contributed by atoms with Crippen LogP contribution in [-0.4, -0.2) is 11.7 Å². The molecule has 0 fully saturated rings. The molecule has 45 heavy (non-hydrogen) atoms. The first-order valence-electron chi connectivity index (χ1n) is 15.5. The normalized spacial score (nSPS) is 13.3. The van der Waals surface area contributed by atoms with E-state index in [1.54, 1.807) is 6.20 Å². The van der Waals surface area contributed by atoms with Crippen LogP contribution in [0.5, 0.6) is 23.1 Å². The van der Waals surface area contributed by atoms with Crippen LogP contribution in [0.15, 0.2) is 128 Å². The fraction of sp³-hybridized carbons (Fsp3) is 0.225. The highest BCUT2D eigenvalue weighted by atomic mass is 16.5. The molecule has 228 valence electrons. The first-order valence-corrected chi connectivity index (χ1v) is 15.5. The predicted octanol–water partition coefficient (Wildman–Crippen LogP) is 10.7. The Labute approximate surface area is 267 Å². The molecule has 0 aliphatic carbocycles. The fourth-order valence-electron chi connectivity index (χ4n) is 5.27. The number of nitrogens with zero attached hydrogens (tertiary/aromatic N) is 3. The van der Waals surface area contributed by atoms with Gasteiger partial charge in [-0.1, -0.05) is 90.1 Å². The van der Waals surface area contributed by atoms with E-state index in [0.29, 0.717) is 24.0 Å². The first-order chi connectivity index (χ1) is 21.5. The zero-order chi connectivity index (χ0) is 31.6. The van der Waals surface area contributed by atoms with Gasteiger partial charge in [0.1, 0.15) is 17.2 Å². The maximum absolute atomic E-state index is 6.47. The molecule has 0 radical (unpaired) electrons. The molecule has 0 saturated carbocycles. The van der Waals surface area contributed by atoms with E-state index in [-0.39, 0.29) is 10.8 Å². The van der Waals surface area contributed by atoms with Crippen molar-refractivity contribution < 1.29 is 9.47 Å². The molecule has 0 amide bonds. The zero-order valence-corrected chi connectivity index (χ0v) is 27.0. The lowest BCUT2D eigenvalue weighted by Gasteiger charge is -2.29. The number of anilines is 2. The summed E-state index contributed by atoms with van der Waals surface area (Å²) in [4.78, 5) is 8.85. The van der Waals surface area contributed by atoms with Crippen molar-refractivity contribution >= 4 is 11.4 Å². The van der Waals surface area contributed by atoms with Crippen molar-refractivity contribution in [1.82, 2.24) is 4.98 Å². The van der Waals surface area contributed by atoms with E-state index in [0.717, 1.165) is 22.6 Å². The van der Waals surface area contributed by atoms with Gasteiger partial charge >= 0.3 is 0 Å². The summed E-state index contributed by atoms with van der Waals surface area (Å²) in [7, 11) is 0. The summed E-state index contributed by atoms with van der Waals surface area (Å²) < 4.78 is 12.4. The molecule has 0 spiro atoms. The average molecular weight is 596 g/mol. The molecule has 0 bridgehead atoms. The number of benzene rings is 4. The maximum atomic E-state index is 6.47. The molecule has 5 heteroatoms. The monoisotopic (exact) mass is 595 g/mol. The molecular weight excluding hydrogens is 554 g/mol. The van der Waals surface area contributed by atoms with E-state index in [1.165, 1.54) is 16.8 Å². The topological polar surface area (TPSA) is 37.8 Å². The van der Waals surface area contributed by atoms with Crippen molar-refractivity contribution in [3.63, 3.8) is 0 Å². The second kappa shape index (κ2) is 12.2. The standard InChI is InChI=1S/C40H41N3O2/c1-39(2,3)31-23-32(40(4,5)6)25-34(24-31)43-20-19-42(28-43)33-21-30(29-13-8-7-9-14-29)22-37(26-33)44-35-15-12-16-36(27-35)45-38-17-10-11-18-41-38/h7-27H,28H2,1-6H3. The molecule has 6 rings (SSSR count). The summed E-state index contributed by atoms with van der Waals surface area (Å²) in [6.07, 6.45) is 6.03. The molecule has 0 saturated heterocycles. The number of ether oxygens (including phenoxy) is 2. The molecule has 4 aromatic carbocycles. The van der Waals surface area contributed by atoms with Gasteiger partial charge in [-0.05, 0) is 75.5 Å². The van der Waals surface area contributed by atoms with Gasteiger partial charge in [-0.25, -0.2) is 4.98 Å². The summed E-state index contributed by atoms with van der Waals surface area (Å²) in [6, 6.07) is 37.1. The average Bonchev–Trinajstić information content (AvgIpc) is 3.52. The molecule has 0 atom stereocenters. The number of aromatic nitrogens is 1. The molecule has 1 aliphatic heterocycles. The quantitative estimate of drug-likeness (QED) is 0.187. The Morgan fingerprint density at radius 1 is 0.533 bits per heavy atom. The molecule has 0 unspecified atom stereocenters. The lowest BCUT2D eigenvalue weighted by Crippen LogP contribution is -2.26. The van der Waals surface area contributed by atoms with Crippen LogP contribution >= 0.6 is 0 Å². The van der Waals surface area contributed by atoms with Crippen molar-refractivity contribution in [3.05, 3.63) is 139 Å². The van der Waals surface area contributed by atoms with Crippen LogP contribution in [0.1, 0.15) is 52.7 Å². The minimum atomic E-state index is 0.0509. The Bertz CT molecular complexity index is 1770. The lowest BCUT2D eigenvalue weighted by molar-refractivity contribution is 0.449. The third-order valence-electron chi connectivity index (χ3n) is 7.94. The molecule has 5 nitrogen and oxygen atoms in total. The van der Waals surface area contributed by atoms with E-state index >= 15 is 0 Å². The highest BCUT2D eigenvalue weighted by molar-refractivity contribution is 5.73. The van der Waals surface area contributed by atoms with E-state index in [9.17, 15) is 0 Å². The summed E-state index contributed by atoms with van der Waals surface area (Å²) in [5.41, 5.74) is 7.25. The highest BCUT2D eigenvalue weighted by Crippen LogP contribution is 2.38. The van der Waals surface area contributed by atoms with Crippen LogP contribution in [0.2, 0.25) is 0 Å². The van der Waals surface area contributed by atoms with Gasteiger partial charge in [-0.2, -0.15) is 0 Å². The third-order valence-corrected chi connectivity index (χ3v) is 7.94. The molecular formula is C40H41N3O2. The Hall–Kier alpha value is -5.03. The van der Waals surface area contributed by atoms with Gasteiger partial charge in [-0.15, -0.1) is 0 Å². The Balaban J connectivity index is 1.30. The molecule has 0 N–H and O–H groups in total. The van der Waals surface area contributed by atoms with Crippen LogP contribution in [0.4, 0.5) is 11.4 Å². The molecule has 1 aliphatic rings. The molecule has 2 heterocycles. The van der Waals surface area contributed by atoms with E-state index in [4.69, 9.17) is 9.47 Å². The number of hydrogen-bond donors (Lipinski definition) is 0. The van der Waals surface area contributed by atoms with Gasteiger partial charge in [0.05, 0.1) is 6.67 Å². The third kappa shape index (κ3) is 7.21. The Morgan fingerprint density at radius 2 is 1.16 bits per heavy atom. The minimum absolute atomic E-state index is 0.0509. The van der Waals surface area contributed by atoms with Gasteiger partial charge in [-0.3, -0.25) is 0 Å². The summed E-state index contributed by atoms with van der Waals surface area (Å²) in [5.74, 6) is 2.64. The minimum Gasteiger partial charge on any atom is -0.457 e. The van der Waals surface area contributed by atoms with Gasteiger partial charge < -0.3 is 19.3 Å². The summed E-state index contributed by atoms with van der Waals surface area (Å²) >= 11 is 0. The maximum Gasteiger partial charge on any atom is 0.219 e. The largest absolute Gasteiger partial charge is 0.457 e. The van der Waals surface area contributed by atoms with Crippen molar-refractivity contribution in [1.29, 1.82) is 0 Å². The van der Waals surface area contributed by atoms with Crippen LogP contribution in [0, 0.1) is 0 Å². The number of rotatable bonds is 7. The van der Waals surface area contributed by atoms with Crippen molar-refractivity contribution in [2.24, 2.45) is 0 Å². The van der Waals surface area contributed by atoms with Crippen LogP contribution in [-0.2, 0) is 10.8 Å². The van der Waals surface area contributed by atoms with Crippen LogP contribution < -0.4 is 19.3 Å². The van der Waals surface area contributed by atoms with Gasteiger partial charge in [0.2, 0.25) is 5.88 Å². The van der Waals surface area contributed by atoms with Crippen molar-refractivity contribution in [2.75, 3.05) is 16.5 Å². The van der Waals surface area contributed by atoms with E-state index in [2.05, 4.69) is 129 Å². The van der Waals surface area contributed by atoms with Crippen LogP contribution in [0.25, 0.3) is 11.1 Å². The molecule has 5 aromatic rings. The summed E-state index contributed by atoms with van der Waals surface area (Å²) in [5, 5.41) is 0. The van der Waals surface area contributed by atoms with Crippen LogP contribution in [0.3, 0.4) is 0 Å². The fourth-order valence-corrected chi connectivity index (χ4v) is 5.27. The number of hydrogen-bond acceptors (Lipinski definition) is 5. The van der Waals surface area contributed by atoms with Crippen molar-refractivity contribution in [2.45, 2.75) is 52.4 Å². The SMILES string of the molecule is CC(C)(C)c1cc(N2C=CN(c3cc(Oc4cccc(Oc5ccccn5)c4)cc(-c4ccccc4)c3)C2)cc(C(C)(C)C)c1. The van der Waals surface area contributed by atoms with Crippen molar-refractivity contribution in [3.8, 4) is 34.3 Å². The predicted molar refractivity (Wildman–Crippen MR) is 186 cm³/mol. The zero-order valence-electron chi connectivity index (χ0n) is 27.0. The number of pyridine rings is 1. The van der Waals surface area contributed by atoms with Gasteiger partial charge in [0.15, 0.2) is 0 Å². The lowest BCUT2D eigenvalue weighted by atomic mass is 9.80. The van der Waals surface area contributed by atoms with E-state index in [1.807, 2.05) is 48.5 Å². The highest BCUT2D eigenvalue weighted by Gasteiger charge is 2.24. The smallest absolute Gasteiger partial charge is 0.219 e. The van der Waals surface area contributed by atoms with Gasteiger partial charge in [0, 0.05) is 48.2 Å². The second-order valence-corrected chi connectivity index (χ2v) is 13.6. The molecule has 1 aromatic heterocycles. The Morgan fingerprint density at radius 3 is 1.78 bits per heavy atom. The summed E-state index contributed by atoms with van der Waals surface area (Å²) in [6.45, 7) is 14.4.